The second-order valence-electron chi connectivity index (χ2n) is 10.1. The molecule has 0 aliphatic carbocycles. The van der Waals surface area contributed by atoms with Crippen LogP contribution in [0.3, 0.4) is 0 Å². The molecule has 1 fully saturated rings. The molecule has 5 rings (SSSR count). The number of hydrogen-bond donors (Lipinski definition) is 1. The number of alkyl halides is 3. The van der Waals surface area contributed by atoms with Crippen molar-refractivity contribution in [2.24, 2.45) is 0 Å². The Morgan fingerprint density at radius 3 is 2.02 bits per heavy atom. The molecule has 8 heteroatoms. The molecule has 4 aromatic rings. The van der Waals surface area contributed by atoms with Gasteiger partial charge < -0.3 is 15.1 Å². The van der Waals surface area contributed by atoms with E-state index in [-0.39, 0.29) is 17.9 Å². The minimum absolute atomic E-state index is 0.0367. The molecule has 1 N–H and O–H groups in total. The van der Waals surface area contributed by atoms with E-state index < -0.39 is 11.7 Å². The molecule has 0 radical (unpaired) electrons. The van der Waals surface area contributed by atoms with Crippen molar-refractivity contribution in [1.82, 2.24) is 0 Å². The Morgan fingerprint density at radius 1 is 0.805 bits per heavy atom. The van der Waals surface area contributed by atoms with E-state index in [1.165, 1.54) is 12.1 Å². The second-order valence-corrected chi connectivity index (χ2v) is 10.1. The molecule has 2 amide bonds. The van der Waals surface area contributed by atoms with Crippen LogP contribution in [-0.4, -0.2) is 30.9 Å². The minimum atomic E-state index is -4.42. The number of halogens is 3. The van der Waals surface area contributed by atoms with Crippen molar-refractivity contribution >= 4 is 28.9 Å². The number of carbonyl (C=O) groups excluding carboxylic acids is 2. The monoisotopic (exact) mass is 557 g/mol. The highest BCUT2D eigenvalue weighted by Crippen LogP contribution is 2.32. The Bertz CT molecular complexity index is 1500. The molecule has 1 heterocycles. The maximum Gasteiger partial charge on any atom is 0.416 e. The molecule has 0 bridgehead atoms. The molecule has 0 aromatic heterocycles. The normalized spacial score (nSPS) is 14.0. The number of nitrogens with one attached hydrogen (secondary N) is 1. The molecule has 1 aliphatic heterocycles. The number of benzene rings is 4. The molecule has 5 nitrogen and oxygen atoms in total. The predicted molar refractivity (Wildman–Crippen MR) is 156 cm³/mol. The van der Waals surface area contributed by atoms with Gasteiger partial charge in [-0.25, -0.2) is 0 Å². The Balaban J connectivity index is 1.23. The number of amides is 2. The fraction of sp³-hybridized carbons (Fsp3) is 0.212. The summed E-state index contributed by atoms with van der Waals surface area (Å²) in [4.78, 5) is 29.7. The zero-order valence-corrected chi connectivity index (χ0v) is 22.6. The zero-order chi connectivity index (χ0) is 29.0. The molecule has 1 saturated heterocycles. The lowest BCUT2D eigenvalue weighted by Gasteiger charge is -2.39. The number of carbonyl (C=O) groups is 2. The molecule has 4 aromatic carbocycles. The molecule has 0 spiro atoms. The molecule has 0 atom stereocenters. The van der Waals surface area contributed by atoms with Crippen LogP contribution in [0.2, 0.25) is 0 Å². The summed E-state index contributed by atoms with van der Waals surface area (Å²) in [5, 5.41) is 2.91. The van der Waals surface area contributed by atoms with Gasteiger partial charge in [0.1, 0.15) is 0 Å². The maximum absolute atomic E-state index is 13.2. The number of para-hydroxylation sites is 1. The van der Waals surface area contributed by atoms with E-state index in [1.807, 2.05) is 59.5 Å². The third-order valence-electron chi connectivity index (χ3n) is 7.39. The Kier molecular flexibility index (Phi) is 8.10. The topological polar surface area (TPSA) is 52.7 Å². The van der Waals surface area contributed by atoms with Crippen LogP contribution in [0, 0.1) is 0 Å². The van der Waals surface area contributed by atoms with E-state index in [4.69, 9.17) is 0 Å². The first kappa shape index (κ1) is 28.0. The van der Waals surface area contributed by atoms with Crippen LogP contribution in [0.1, 0.15) is 35.7 Å². The van der Waals surface area contributed by atoms with Crippen LogP contribution in [0.5, 0.6) is 0 Å². The maximum atomic E-state index is 13.2. The van der Waals surface area contributed by atoms with E-state index in [0.29, 0.717) is 22.4 Å². The summed E-state index contributed by atoms with van der Waals surface area (Å²) in [6.45, 7) is 3.20. The fourth-order valence-electron chi connectivity index (χ4n) is 5.35. The summed E-state index contributed by atoms with van der Waals surface area (Å²) in [5.74, 6) is -0.311. The second kappa shape index (κ2) is 11.9. The molecule has 0 saturated carbocycles. The van der Waals surface area contributed by atoms with Gasteiger partial charge in [0.15, 0.2) is 0 Å². The number of rotatable bonds is 6. The van der Waals surface area contributed by atoms with Gasteiger partial charge in [0.25, 0.3) is 5.91 Å². The van der Waals surface area contributed by atoms with Crippen molar-refractivity contribution in [3.8, 4) is 11.1 Å². The average molecular weight is 558 g/mol. The van der Waals surface area contributed by atoms with Crippen molar-refractivity contribution in [2.75, 3.05) is 28.2 Å². The van der Waals surface area contributed by atoms with Crippen molar-refractivity contribution in [3.05, 3.63) is 114 Å². The lowest BCUT2D eigenvalue weighted by atomic mass is 9.98. The van der Waals surface area contributed by atoms with Gasteiger partial charge >= 0.3 is 6.18 Å². The third kappa shape index (κ3) is 6.43. The van der Waals surface area contributed by atoms with Gasteiger partial charge in [0.2, 0.25) is 5.91 Å². The highest BCUT2D eigenvalue weighted by molar-refractivity contribution is 6.08. The van der Waals surface area contributed by atoms with E-state index >= 15 is 0 Å². The minimum Gasteiger partial charge on any atom is -0.371 e. The van der Waals surface area contributed by atoms with E-state index in [1.54, 1.807) is 31.2 Å². The Labute approximate surface area is 237 Å². The Hall–Kier alpha value is -4.59. The summed E-state index contributed by atoms with van der Waals surface area (Å²) in [5.41, 5.74) is 3.26. The van der Waals surface area contributed by atoms with Crippen LogP contribution in [0.25, 0.3) is 11.1 Å². The van der Waals surface area contributed by atoms with Crippen LogP contribution in [-0.2, 0) is 11.0 Å². The van der Waals surface area contributed by atoms with Crippen molar-refractivity contribution < 1.29 is 22.8 Å². The van der Waals surface area contributed by atoms with E-state index in [0.717, 1.165) is 49.4 Å². The summed E-state index contributed by atoms with van der Waals surface area (Å²) in [6.07, 6.45) is -2.74. The van der Waals surface area contributed by atoms with Crippen molar-refractivity contribution in [3.63, 3.8) is 0 Å². The quantitative estimate of drug-likeness (QED) is 0.265. The molecular formula is C33H30F3N3O2. The number of piperidine rings is 1. The van der Waals surface area contributed by atoms with Crippen LogP contribution in [0.15, 0.2) is 103 Å². The smallest absolute Gasteiger partial charge is 0.371 e. The van der Waals surface area contributed by atoms with Gasteiger partial charge in [-0.2, -0.15) is 13.2 Å². The number of anilines is 3. The first-order chi connectivity index (χ1) is 19.7. The lowest BCUT2D eigenvalue weighted by molar-refractivity contribution is -0.137. The molecule has 0 unspecified atom stereocenters. The lowest BCUT2D eigenvalue weighted by Crippen LogP contribution is -2.47. The highest BCUT2D eigenvalue weighted by atomic mass is 19.4. The van der Waals surface area contributed by atoms with E-state index in [9.17, 15) is 22.8 Å². The highest BCUT2D eigenvalue weighted by Gasteiger charge is 2.30. The standard InChI is InChI=1S/C33H30F3N3O2/c1-23(40)39(28-7-3-2-4-8-28)29-19-21-38(22-20-29)27-17-15-26(16-18-27)37-32(41)31-10-6-5-9-30(31)24-11-13-25(14-12-24)33(34,35)36/h2-18,29H,19-22H2,1H3,(H,37,41). The molecular weight excluding hydrogens is 527 g/mol. The van der Waals surface area contributed by atoms with Gasteiger partial charge in [0.05, 0.1) is 5.56 Å². The number of hydrogen-bond acceptors (Lipinski definition) is 3. The van der Waals surface area contributed by atoms with Crippen LogP contribution >= 0.6 is 0 Å². The fourth-order valence-corrected chi connectivity index (χ4v) is 5.35. The van der Waals surface area contributed by atoms with Crippen molar-refractivity contribution in [1.29, 1.82) is 0 Å². The average Bonchev–Trinajstić information content (AvgIpc) is 2.98. The van der Waals surface area contributed by atoms with Gasteiger partial charge in [-0.3, -0.25) is 9.59 Å². The molecule has 41 heavy (non-hydrogen) atoms. The van der Waals surface area contributed by atoms with Gasteiger partial charge in [-0.1, -0.05) is 48.5 Å². The van der Waals surface area contributed by atoms with Crippen LogP contribution in [0.4, 0.5) is 30.2 Å². The zero-order valence-electron chi connectivity index (χ0n) is 22.6. The van der Waals surface area contributed by atoms with Crippen molar-refractivity contribution in [2.45, 2.75) is 32.0 Å². The first-order valence-corrected chi connectivity index (χ1v) is 13.5. The van der Waals surface area contributed by atoms with Crippen LogP contribution < -0.4 is 15.1 Å². The molecule has 210 valence electrons. The van der Waals surface area contributed by atoms with Gasteiger partial charge in [0, 0.05) is 48.7 Å². The first-order valence-electron chi connectivity index (χ1n) is 13.5. The van der Waals surface area contributed by atoms with Gasteiger partial charge in [-0.15, -0.1) is 0 Å². The predicted octanol–water partition coefficient (Wildman–Crippen LogP) is 7.65. The summed E-state index contributed by atoms with van der Waals surface area (Å²) < 4.78 is 38.9. The Morgan fingerprint density at radius 2 is 1.41 bits per heavy atom. The SMILES string of the molecule is CC(=O)N(c1ccccc1)C1CCN(c2ccc(NC(=O)c3ccccc3-c3ccc(C(F)(F)F)cc3)cc2)CC1. The number of nitrogens with zero attached hydrogens (tertiary/aromatic N) is 2. The summed E-state index contributed by atoms with van der Waals surface area (Å²) in [6, 6.07) is 29.1. The largest absolute Gasteiger partial charge is 0.416 e. The van der Waals surface area contributed by atoms with E-state index in [2.05, 4.69) is 10.2 Å². The summed E-state index contributed by atoms with van der Waals surface area (Å²) >= 11 is 0. The summed E-state index contributed by atoms with van der Waals surface area (Å²) in [7, 11) is 0. The third-order valence-corrected chi connectivity index (χ3v) is 7.39. The van der Waals surface area contributed by atoms with Gasteiger partial charge in [-0.05, 0) is 78.6 Å². The molecule has 1 aliphatic rings.